The van der Waals surface area contributed by atoms with E-state index < -0.39 is 0 Å². The van der Waals surface area contributed by atoms with Gasteiger partial charge in [-0.15, -0.1) is 11.3 Å². The molecule has 0 aliphatic heterocycles. The summed E-state index contributed by atoms with van der Waals surface area (Å²) < 4.78 is 1.31. The van der Waals surface area contributed by atoms with E-state index in [1.54, 1.807) is 0 Å². The lowest BCUT2D eigenvalue weighted by Crippen LogP contribution is -2.24. The average molecular weight is 234 g/mol. The van der Waals surface area contributed by atoms with Gasteiger partial charge in [0.25, 0.3) is 0 Å². The van der Waals surface area contributed by atoms with Crippen molar-refractivity contribution in [1.82, 2.24) is 10.3 Å². The Morgan fingerprint density at radius 3 is 2.94 bits per heavy atom. The van der Waals surface area contributed by atoms with E-state index in [0.29, 0.717) is 6.04 Å². The maximum atomic E-state index is 4.63. The fraction of sp³-hybridized carbons (Fsp3) is 0.462. The lowest BCUT2D eigenvalue weighted by atomic mass is 10.2. The monoisotopic (exact) mass is 234 g/mol. The molecule has 2 nitrogen and oxygen atoms in total. The SMILES string of the molecule is Cc1ccc2nc(CCNC(C)C)sc2c1. The van der Waals surface area contributed by atoms with Crippen LogP contribution in [-0.4, -0.2) is 17.6 Å². The number of hydrogen-bond donors (Lipinski definition) is 1. The zero-order chi connectivity index (χ0) is 11.5. The van der Waals surface area contributed by atoms with Gasteiger partial charge in [-0.25, -0.2) is 4.98 Å². The summed E-state index contributed by atoms with van der Waals surface area (Å²) in [5.41, 5.74) is 2.44. The molecule has 0 saturated heterocycles. The van der Waals surface area contributed by atoms with Gasteiger partial charge < -0.3 is 5.32 Å². The first-order valence-electron chi connectivity index (χ1n) is 5.74. The molecule has 0 unspecified atom stereocenters. The van der Waals surface area contributed by atoms with Crippen LogP contribution in [-0.2, 0) is 6.42 Å². The van der Waals surface area contributed by atoms with E-state index in [4.69, 9.17) is 0 Å². The highest BCUT2D eigenvalue weighted by Crippen LogP contribution is 2.23. The van der Waals surface area contributed by atoms with Gasteiger partial charge in [-0.3, -0.25) is 0 Å². The zero-order valence-electron chi connectivity index (χ0n) is 10.1. The second-order valence-corrected chi connectivity index (χ2v) is 5.55. The van der Waals surface area contributed by atoms with E-state index in [-0.39, 0.29) is 0 Å². The first-order valence-corrected chi connectivity index (χ1v) is 6.56. The molecule has 0 saturated carbocycles. The van der Waals surface area contributed by atoms with Crippen molar-refractivity contribution in [3.63, 3.8) is 0 Å². The van der Waals surface area contributed by atoms with Crippen LogP contribution in [0, 0.1) is 6.92 Å². The lowest BCUT2D eigenvalue weighted by Gasteiger charge is -2.05. The molecule has 0 fully saturated rings. The molecule has 0 aliphatic carbocycles. The summed E-state index contributed by atoms with van der Waals surface area (Å²) in [6, 6.07) is 7.00. The number of aryl methyl sites for hydroxylation is 1. The number of aromatic nitrogens is 1. The molecule has 2 aromatic rings. The number of rotatable bonds is 4. The van der Waals surface area contributed by atoms with Gasteiger partial charge >= 0.3 is 0 Å². The van der Waals surface area contributed by atoms with Crippen molar-refractivity contribution in [2.24, 2.45) is 0 Å². The molecule has 1 N–H and O–H groups in total. The van der Waals surface area contributed by atoms with Crippen molar-refractivity contribution in [1.29, 1.82) is 0 Å². The van der Waals surface area contributed by atoms with Crippen LogP contribution >= 0.6 is 11.3 Å². The van der Waals surface area contributed by atoms with Gasteiger partial charge in [-0.05, 0) is 24.6 Å². The number of nitrogens with one attached hydrogen (secondary N) is 1. The average Bonchev–Trinajstić information content (AvgIpc) is 2.58. The minimum absolute atomic E-state index is 0.552. The minimum atomic E-state index is 0.552. The van der Waals surface area contributed by atoms with E-state index in [0.717, 1.165) is 18.5 Å². The number of benzene rings is 1. The summed E-state index contributed by atoms with van der Waals surface area (Å²) in [5, 5.41) is 4.65. The maximum absolute atomic E-state index is 4.63. The second-order valence-electron chi connectivity index (χ2n) is 4.44. The Bertz CT molecular complexity index is 474. The van der Waals surface area contributed by atoms with Crippen molar-refractivity contribution >= 4 is 21.6 Å². The second kappa shape index (κ2) is 4.93. The largest absolute Gasteiger partial charge is 0.314 e. The van der Waals surface area contributed by atoms with E-state index >= 15 is 0 Å². The van der Waals surface area contributed by atoms with E-state index in [1.807, 2.05) is 11.3 Å². The third kappa shape index (κ3) is 2.80. The smallest absolute Gasteiger partial charge is 0.0951 e. The first kappa shape index (κ1) is 11.6. The van der Waals surface area contributed by atoms with Crippen LogP contribution in [0.2, 0.25) is 0 Å². The number of nitrogens with zero attached hydrogens (tertiary/aromatic N) is 1. The highest BCUT2D eigenvalue weighted by atomic mass is 32.1. The van der Waals surface area contributed by atoms with Crippen LogP contribution in [0.25, 0.3) is 10.2 Å². The van der Waals surface area contributed by atoms with Crippen molar-refractivity contribution < 1.29 is 0 Å². The highest BCUT2D eigenvalue weighted by Gasteiger charge is 2.03. The fourth-order valence-corrected chi connectivity index (χ4v) is 2.72. The highest BCUT2D eigenvalue weighted by molar-refractivity contribution is 7.18. The van der Waals surface area contributed by atoms with E-state index in [1.165, 1.54) is 15.3 Å². The zero-order valence-corrected chi connectivity index (χ0v) is 10.9. The molecule has 0 radical (unpaired) electrons. The quantitative estimate of drug-likeness (QED) is 0.879. The Kier molecular flexibility index (Phi) is 3.56. The van der Waals surface area contributed by atoms with Crippen LogP contribution < -0.4 is 5.32 Å². The van der Waals surface area contributed by atoms with Gasteiger partial charge in [0.05, 0.1) is 15.2 Å². The molecule has 0 aliphatic rings. The topological polar surface area (TPSA) is 24.9 Å². The molecule has 3 heteroatoms. The van der Waals surface area contributed by atoms with Gasteiger partial charge in [0.1, 0.15) is 0 Å². The molecule has 1 aromatic carbocycles. The van der Waals surface area contributed by atoms with Crippen LogP contribution in [0.1, 0.15) is 24.4 Å². The van der Waals surface area contributed by atoms with Crippen LogP contribution in [0.5, 0.6) is 0 Å². The third-order valence-electron chi connectivity index (χ3n) is 2.48. The predicted octanol–water partition coefficient (Wildman–Crippen LogP) is 3.15. The molecule has 86 valence electrons. The molecule has 0 spiro atoms. The molecule has 2 rings (SSSR count). The molecule has 1 aromatic heterocycles. The number of fused-ring (bicyclic) bond motifs is 1. The third-order valence-corrected chi connectivity index (χ3v) is 3.56. The van der Waals surface area contributed by atoms with Gasteiger partial charge in [-0.2, -0.15) is 0 Å². The van der Waals surface area contributed by atoms with Crippen LogP contribution in [0.3, 0.4) is 0 Å². The normalized spacial score (nSPS) is 11.5. The Labute approximate surface area is 101 Å². The van der Waals surface area contributed by atoms with Crippen molar-refractivity contribution in [3.8, 4) is 0 Å². The fourth-order valence-electron chi connectivity index (χ4n) is 1.65. The van der Waals surface area contributed by atoms with E-state index in [2.05, 4.69) is 49.3 Å². The molecule has 16 heavy (non-hydrogen) atoms. The first-order chi connectivity index (χ1) is 7.65. The van der Waals surface area contributed by atoms with Crippen LogP contribution in [0.4, 0.5) is 0 Å². The van der Waals surface area contributed by atoms with Gasteiger partial charge in [0.2, 0.25) is 0 Å². The lowest BCUT2D eigenvalue weighted by molar-refractivity contribution is 0.590. The molecule has 1 heterocycles. The van der Waals surface area contributed by atoms with Crippen molar-refractivity contribution in [3.05, 3.63) is 28.8 Å². The Morgan fingerprint density at radius 1 is 1.38 bits per heavy atom. The maximum Gasteiger partial charge on any atom is 0.0951 e. The molecule has 0 bridgehead atoms. The number of hydrogen-bond acceptors (Lipinski definition) is 3. The molecular weight excluding hydrogens is 216 g/mol. The Balaban J connectivity index is 2.08. The van der Waals surface area contributed by atoms with E-state index in [9.17, 15) is 0 Å². The molecule has 0 amide bonds. The summed E-state index contributed by atoms with van der Waals surface area (Å²) in [6.07, 6.45) is 1.02. The van der Waals surface area contributed by atoms with Gasteiger partial charge in [-0.1, -0.05) is 19.9 Å². The Morgan fingerprint density at radius 2 is 2.19 bits per heavy atom. The van der Waals surface area contributed by atoms with Crippen LogP contribution in [0.15, 0.2) is 18.2 Å². The van der Waals surface area contributed by atoms with Crippen molar-refractivity contribution in [2.45, 2.75) is 33.2 Å². The number of thiazole rings is 1. The van der Waals surface area contributed by atoms with Gasteiger partial charge in [0.15, 0.2) is 0 Å². The summed E-state index contributed by atoms with van der Waals surface area (Å²) in [7, 11) is 0. The summed E-state index contributed by atoms with van der Waals surface area (Å²) in [5.74, 6) is 0. The Hall–Kier alpha value is -0.930. The minimum Gasteiger partial charge on any atom is -0.314 e. The van der Waals surface area contributed by atoms with Crippen molar-refractivity contribution in [2.75, 3.05) is 6.54 Å². The molecule has 0 atom stereocenters. The predicted molar refractivity (Wildman–Crippen MR) is 71.2 cm³/mol. The molecular formula is C13H18N2S. The summed E-state index contributed by atoms with van der Waals surface area (Å²) in [6.45, 7) is 7.47. The summed E-state index contributed by atoms with van der Waals surface area (Å²) >= 11 is 1.81. The van der Waals surface area contributed by atoms with Gasteiger partial charge in [0, 0.05) is 19.0 Å². The summed E-state index contributed by atoms with van der Waals surface area (Å²) in [4.78, 5) is 4.63. The standard InChI is InChI=1S/C13H18N2S/c1-9(2)14-7-6-13-15-11-5-4-10(3)8-12(11)16-13/h4-5,8-9,14H,6-7H2,1-3H3.